The van der Waals surface area contributed by atoms with Gasteiger partial charge in [-0.05, 0) is 38.1 Å². The third-order valence-electron chi connectivity index (χ3n) is 3.75. The zero-order chi connectivity index (χ0) is 17.9. The summed E-state index contributed by atoms with van der Waals surface area (Å²) in [6, 6.07) is 16.1. The highest BCUT2D eigenvalue weighted by Crippen LogP contribution is 2.31. The Bertz CT molecular complexity index is 966. The summed E-state index contributed by atoms with van der Waals surface area (Å²) in [5.41, 5.74) is 0.964. The molecule has 0 unspecified atom stereocenters. The van der Waals surface area contributed by atoms with E-state index in [1.807, 2.05) is 25.1 Å². The number of hydrogen-bond acceptors (Lipinski definition) is 4. The Morgan fingerprint density at radius 3 is 2.44 bits per heavy atom. The van der Waals surface area contributed by atoms with Gasteiger partial charge >= 0.3 is 0 Å². The van der Waals surface area contributed by atoms with Gasteiger partial charge in [0, 0.05) is 6.54 Å². The first-order valence-corrected chi connectivity index (χ1v) is 9.36. The second-order valence-electron chi connectivity index (χ2n) is 5.43. The molecule has 0 aliphatic carbocycles. The van der Waals surface area contributed by atoms with E-state index < -0.39 is 10.0 Å². The smallest absolute Gasteiger partial charge is 0.265 e. The maximum absolute atomic E-state index is 12.7. The minimum atomic E-state index is -3.76. The zero-order valence-electron chi connectivity index (χ0n) is 14.0. The molecule has 0 aliphatic heterocycles. The van der Waals surface area contributed by atoms with E-state index >= 15 is 0 Å². The van der Waals surface area contributed by atoms with Crippen LogP contribution in [-0.4, -0.2) is 18.2 Å². The second kappa shape index (κ2) is 6.98. The first-order valence-electron chi connectivity index (χ1n) is 7.88. The lowest BCUT2D eigenvalue weighted by Gasteiger charge is -2.13. The fourth-order valence-electron chi connectivity index (χ4n) is 2.47. The fourth-order valence-corrected chi connectivity index (χ4v) is 3.72. The maximum atomic E-state index is 12.7. The summed E-state index contributed by atoms with van der Waals surface area (Å²) >= 11 is 0. The summed E-state index contributed by atoms with van der Waals surface area (Å²) in [7, 11) is -3.76. The molecular formula is C18H19N3O3S. The van der Waals surface area contributed by atoms with Crippen molar-refractivity contribution in [1.29, 1.82) is 0 Å². The number of ether oxygens (including phenoxy) is 1. The summed E-state index contributed by atoms with van der Waals surface area (Å²) in [4.78, 5) is 0.156. The van der Waals surface area contributed by atoms with Gasteiger partial charge in [0.15, 0.2) is 5.75 Å². The summed E-state index contributed by atoms with van der Waals surface area (Å²) in [5.74, 6) is 1.06. The van der Waals surface area contributed by atoms with Gasteiger partial charge in [0.1, 0.15) is 10.6 Å². The molecule has 0 atom stereocenters. The molecule has 0 amide bonds. The molecule has 0 aliphatic rings. The summed E-state index contributed by atoms with van der Waals surface area (Å²) in [5, 5.41) is 4.10. The summed E-state index contributed by atoms with van der Waals surface area (Å²) in [6.45, 7) is 4.25. The Balaban J connectivity index is 1.91. The average molecular weight is 357 g/mol. The topological polar surface area (TPSA) is 73.2 Å². The van der Waals surface area contributed by atoms with E-state index in [1.54, 1.807) is 48.0 Å². The standard InChI is InChI=1S/C18H19N3O3S/c1-3-21-14(2)18(13-19-21)25(22,23)20-16-11-7-8-12-17(16)24-15-9-5-4-6-10-15/h4-13,20H,3H2,1-2H3. The van der Waals surface area contributed by atoms with Crippen LogP contribution >= 0.6 is 0 Å². The van der Waals surface area contributed by atoms with Gasteiger partial charge in [-0.15, -0.1) is 0 Å². The van der Waals surface area contributed by atoms with Crippen LogP contribution < -0.4 is 9.46 Å². The molecule has 130 valence electrons. The number of rotatable bonds is 6. The molecule has 0 radical (unpaired) electrons. The van der Waals surface area contributed by atoms with E-state index in [2.05, 4.69) is 9.82 Å². The summed E-state index contributed by atoms with van der Waals surface area (Å²) < 4.78 is 35.5. The van der Waals surface area contributed by atoms with Gasteiger partial charge in [-0.25, -0.2) is 8.42 Å². The quantitative estimate of drug-likeness (QED) is 0.728. The van der Waals surface area contributed by atoms with Crippen molar-refractivity contribution in [2.24, 2.45) is 0 Å². The third-order valence-corrected chi connectivity index (χ3v) is 5.22. The number of anilines is 1. The van der Waals surface area contributed by atoms with Crippen LogP contribution in [0.1, 0.15) is 12.6 Å². The van der Waals surface area contributed by atoms with E-state index in [4.69, 9.17) is 4.74 Å². The molecule has 0 saturated carbocycles. The van der Waals surface area contributed by atoms with E-state index in [1.165, 1.54) is 6.20 Å². The average Bonchev–Trinajstić information content (AvgIpc) is 2.99. The van der Waals surface area contributed by atoms with Gasteiger partial charge in [-0.3, -0.25) is 9.40 Å². The molecule has 3 aromatic rings. The number of hydrogen-bond donors (Lipinski definition) is 1. The van der Waals surface area contributed by atoms with Crippen molar-refractivity contribution in [2.75, 3.05) is 4.72 Å². The normalized spacial score (nSPS) is 11.3. The van der Waals surface area contributed by atoms with Crippen molar-refractivity contribution in [2.45, 2.75) is 25.3 Å². The minimum Gasteiger partial charge on any atom is -0.455 e. The Morgan fingerprint density at radius 1 is 1.08 bits per heavy atom. The fraction of sp³-hybridized carbons (Fsp3) is 0.167. The lowest BCUT2D eigenvalue weighted by molar-refractivity contribution is 0.485. The minimum absolute atomic E-state index is 0.156. The van der Waals surface area contributed by atoms with Crippen LogP contribution in [0, 0.1) is 6.92 Å². The van der Waals surface area contributed by atoms with Crippen molar-refractivity contribution < 1.29 is 13.2 Å². The van der Waals surface area contributed by atoms with Crippen LogP contribution in [0.5, 0.6) is 11.5 Å². The van der Waals surface area contributed by atoms with Crippen molar-refractivity contribution in [3.05, 3.63) is 66.5 Å². The largest absolute Gasteiger partial charge is 0.455 e. The Hall–Kier alpha value is -2.80. The van der Waals surface area contributed by atoms with Crippen LogP contribution in [0.25, 0.3) is 0 Å². The molecule has 25 heavy (non-hydrogen) atoms. The van der Waals surface area contributed by atoms with Gasteiger partial charge < -0.3 is 4.74 Å². The van der Waals surface area contributed by atoms with Crippen molar-refractivity contribution in [3.8, 4) is 11.5 Å². The van der Waals surface area contributed by atoms with Gasteiger partial charge in [0.2, 0.25) is 0 Å². The molecule has 1 heterocycles. The molecular weight excluding hydrogens is 338 g/mol. The molecule has 7 heteroatoms. The SMILES string of the molecule is CCn1ncc(S(=O)(=O)Nc2ccccc2Oc2ccccc2)c1C. The van der Waals surface area contributed by atoms with Crippen LogP contribution in [0.3, 0.4) is 0 Å². The van der Waals surface area contributed by atoms with Gasteiger partial charge in [-0.1, -0.05) is 30.3 Å². The highest BCUT2D eigenvalue weighted by atomic mass is 32.2. The van der Waals surface area contributed by atoms with Gasteiger partial charge in [-0.2, -0.15) is 5.10 Å². The molecule has 2 aromatic carbocycles. The Morgan fingerprint density at radius 2 is 1.76 bits per heavy atom. The first-order chi connectivity index (χ1) is 12.0. The lowest BCUT2D eigenvalue weighted by Crippen LogP contribution is -2.14. The van der Waals surface area contributed by atoms with Crippen molar-refractivity contribution in [3.63, 3.8) is 0 Å². The molecule has 0 fully saturated rings. The van der Waals surface area contributed by atoms with E-state index in [9.17, 15) is 8.42 Å². The Kier molecular flexibility index (Phi) is 4.76. The van der Waals surface area contributed by atoms with E-state index in [0.717, 1.165) is 0 Å². The predicted octanol–water partition coefficient (Wildman–Crippen LogP) is 3.80. The van der Waals surface area contributed by atoms with E-state index in [-0.39, 0.29) is 4.90 Å². The molecule has 0 bridgehead atoms. The van der Waals surface area contributed by atoms with Gasteiger partial charge in [0.05, 0.1) is 17.6 Å². The molecule has 0 saturated heterocycles. The number of aromatic nitrogens is 2. The molecule has 1 aromatic heterocycles. The highest BCUT2D eigenvalue weighted by molar-refractivity contribution is 7.92. The number of aryl methyl sites for hydroxylation is 1. The summed E-state index contributed by atoms with van der Waals surface area (Å²) in [6.07, 6.45) is 1.36. The van der Waals surface area contributed by atoms with Crippen LogP contribution in [0.15, 0.2) is 65.7 Å². The highest BCUT2D eigenvalue weighted by Gasteiger charge is 2.22. The van der Waals surface area contributed by atoms with Gasteiger partial charge in [0.25, 0.3) is 10.0 Å². The monoisotopic (exact) mass is 357 g/mol. The maximum Gasteiger partial charge on any atom is 0.265 e. The predicted molar refractivity (Wildman–Crippen MR) is 96.4 cm³/mol. The van der Waals surface area contributed by atoms with Crippen LogP contribution in [0.4, 0.5) is 5.69 Å². The van der Waals surface area contributed by atoms with Crippen molar-refractivity contribution in [1.82, 2.24) is 9.78 Å². The third kappa shape index (κ3) is 3.66. The van der Waals surface area contributed by atoms with Crippen molar-refractivity contribution >= 4 is 15.7 Å². The number of sulfonamides is 1. The molecule has 3 rings (SSSR count). The number of nitrogens with zero attached hydrogens (tertiary/aromatic N) is 2. The molecule has 1 N–H and O–H groups in total. The number of nitrogens with one attached hydrogen (secondary N) is 1. The number of benzene rings is 2. The van der Waals surface area contributed by atoms with Crippen LogP contribution in [0.2, 0.25) is 0 Å². The molecule has 6 nitrogen and oxygen atoms in total. The Labute approximate surface area is 147 Å². The second-order valence-corrected chi connectivity index (χ2v) is 7.08. The number of para-hydroxylation sites is 3. The lowest BCUT2D eigenvalue weighted by atomic mass is 10.3. The first kappa shape index (κ1) is 17.0. The van der Waals surface area contributed by atoms with E-state index in [0.29, 0.717) is 29.4 Å². The molecule has 0 spiro atoms. The van der Waals surface area contributed by atoms with Crippen LogP contribution in [-0.2, 0) is 16.6 Å². The zero-order valence-corrected chi connectivity index (χ0v) is 14.8.